The summed E-state index contributed by atoms with van der Waals surface area (Å²) in [7, 11) is 0. The monoisotopic (exact) mass is 352 g/mol. The molecule has 0 saturated carbocycles. The van der Waals surface area contributed by atoms with Crippen LogP contribution in [0.3, 0.4) is 0 Å². The highest BCUT2D eigenvalue weighted by atomic mass is 32.2. The van der Waals surface area contributed by atoms with Gasteiger partial charge in [0.05, 0.1) is 17.9 Å². The van der Waals surface area contributed by atoms with Crippen LogP contribution in [0, 0.1) is 0 Å². The molecule has 5 heteroatoms. The lowest BCUT2D eigenvalue weighted by atomic mass is 9.90. The smallest absolute Gasteiger partial charge is 0.234 e. The number of rotatable bonds is 3. The fraction of sp³-hybridized carbons (Fsp3) is 0.300. The largest absolute Gasteiger partial charge is 0.326 e. The summed E-state index contributed by atoms with van der Waals surface area (Å²) in [5, 5.41) is 5.78. The van der Waals surface area contributed by atoms with Gasteiger partial charge in [-0.05, 0) is 60.6 Å². The standard InChI is InChI=1S/C20H20N2O2S/c23-19(10-13-5-6-14-3-1-2-4-15(14)9-13)21-16-7-8-18-17(11-16)22-20(24)12-25-18/h5-9,11H,1-4,10,12H2,(H,21,23)(H,22,24). The number of thioether (sulfide) groups is 1. The van der Waals surface area contributed by atoms with Gasteiger partial charge in [-0.2, -0.15) is 0 Å². The maximum Gasteiger partial charge on any atom is 0.234 e. The molecule has 0 unspecified atom stereocenters. The highest BCUT2D eigenvalue weighted by Crippen LogP contribution is 2.33. The molecule has 1 heterocycles. The molecule has 1 aliphatic carbocycles. The van der Waals surface area contributed by atoms with Crippen molar-refractivity contribution >= 4 is 35.0 Å². The molecule has 2 aromatic carbocycles. The molecule has 128 valence electrons. The van der Waals surface area contributed by atoms with Crippen molar-refractivity contribution in [1.82, 2.24) is 0 Å². The van der Waals surface area contributed by atoms with E-state index in [2.05, 4.69) is 28.8 Å². The van der Waals surface area contributed by atoms with Crippen molar-refractivity contribution < 1.29 is 9.59 Å². The Kier molecular flexibility index (Phi) is 4.49. The molecular weight excluding hydrogens is 332 g/mol. The third-order valence-corrected chi connectivity index (χ3v) is 5.75. The van der Waals surface area contributed by atoms with Crippen molar-refractivity contribution in [3.05, 3.63) is 53.1 Å². The summed E-state index contributed by atoms with van der Waals surface area (Å²) in [5.74, 6) is 0.400. The van der Waals surface area contributed by atoms with Crippen molar-refractivity contribution in [3.8, 4) is 0 Å². The van der Waals surface area contributed by atoms with E-state index in [-0.39, 0.29) is 11.8 Å². The Labute approximate surface area is 151 Å². The number of carbonyl (C=O) groups excluding carboxylic acids is 2. The average molecular weight is 352 g/mol. The predicted octanol–water partition coefficient (Wildman–Crippen LogP) is 3.79. The molecule has 2 aliphatic rings. The van der Waals surface area contributed by atoms with Gasteiger partial charge in [0.15, 0.2) is 0 Å². The van der Waals surface area contributed by atoms with E-state index >= 15 is 0 Å². The van der Waals surface area contributed by atoms with E-state index in [4.69, 9.17) is 0 Å². The lowest BCUT2D eigenvalue weighted by Gasteiger charge is -2.18. The van der Waals surface area contributed by atoms with Crippen LogP contribution in [0.15, 0.2) is 41.3 Å². The fourth-order valence-corrected chi connectivity index (χ4v) is 4.24. The topological polar surface area (TPSA) is 58.2 Å². The van der Waals surface area contributed by atoms with Gasteiger partial charge in [0.25, 0.3) is 0 Å². The Bertz CT molecular complexity index is 848. The third-order valence-electron chi connectivity index (χ3n) is 4.67. The highest BCUT2D eigenvalue weighted by Gasteiger charge is 2.16. The molecule has 2 amide bonds. The second-order valence-electron chi connectivity index (χ2n) is 6.58. The molecule has 0 saturated heterocycles. The lowest BCUT2D eigenvalue weighted by molar-refractivity contribution is -0.115. The molecule has 0 radical (unpaired) electrons. The van der Waals surface area contributed by atoms with Crippen LogP contribution in [0.4, 0.5) is 11.4 Å². The Hall–Kier alpha value is -2.27. The first-order valence-electron chi connectivity index (χ1n) is 8.64. The zero-order valence-electron chi connectivity index (χ0n) is 13.9. The van der Waals surface area contributed by atoms with Gasteiger partial charge < -0.3 is 10.6 Å². The van der Waals surface area contributed by atoms with Gasteiger partial charge >= 0.3 is 0 Å². The minimum atomic E-state index is -0.0366. The van der Waals surface area contributed by atoms with Crippen molar-refractivity contribution in [2.45, 2.75) is 37.0 Å². The molecule has 2 aromatic rings. The minimum Gasteiger partial charge on any atom is -0.326 e. The number of carbonyl (C=O) groups is 2. The quantitative estimate of drug-likeness (QED) is 0.883. The molecule has 0 fully saturated rings. The van der Waals surface area contributed by atoms with Crippen LogP contribution in [0.25, 0.3) is 0 Å². The first-order chi connectivity index (χ1) is 12.2. The lowest BCUT2D eigenvalue weighted by Crippen LogP contribution is -2.19. The molecule has 25 heavy (non-hydrogen) atoms. The van der Waals surface area contributed by atoms with Gasteiger partial charge in [0, 0.05) is 10.6 Å². The highest BCUT2D eigenvalue weighted by molar-refractivity contribution is 8.00. The fourth-order valence-electron chi connectivity index (χ4n) is 3.45. The molecule has 0 spiro atoms. The van der Waals surface area contributed by atoms with Crippen LogP contribution >= 0.6 is 11.8 Å². The Morgan fingerprint density at radius 3 is 2.80 bits per heavy atom. The zero-order chi connectivity index (χ0) is 17.2. The molecule has 4 rings (SSSR count). The van der Waals surface area contributed by atoms with Gasteiger partial charge in [0.2, 0.25) is 11.8 Å². The van der Waals surface area contributed by atoms with Crippen molar-refractivity contribution in [2.75, 3.05) is 16.4 Å². The molecule has 0 aromatic heterocycles. The molecule has 0 bridgehead atoms. The minimum absolute atomic E-state index is 0.00460. The number of hydrogen-bond donors (Lipinski definition) is 2. The second-order valence-corrected chi connectivity index (χ2v) is 7.60. The number of amides is 2. The van der Waals surface area contributed by atoms with Gasteiger partial charge in [-0.3, -0.25) is 9.59 Å². The Balaban J connectivity index is 1.44. The van der Waals surface area contributed by atoms with Gasteiger partial charge in [-0.25, -0.2) is 0 Å². The van der Waals surface area contributed by atoms with Gasteiger partial charge in [-0.15, -0.1) is 11.8 Å². The van der Waals surface area contributed by atoms with Crippen molar-refractivity contribution in [2.24, 2.45) is 0 Å². The summed E-state index contributed by atoms with van der Waals surface area (Å²) in [6.07, 6.45) is 5.14. The Morgan fingerprint density at radius 1 is 1.08 bits per heavy atom. The number of anilines is 2. The van der Waals surface area contributed by atoms with Crippen molar-refractivity contribution in [3.63, 3.8) is 0 Å². The SMILES string of the molecule is O=C(Cc1ccc2c(c1)CCCC2)Nc1ccc2c(c1)NC(=O)CS2. The van der Waals surface area contributed by atoms with Crippen LogP contribution in [-0.4, -0.2) is 17.6 Å². The number of aryl methyl sites for hydroxylation is 2. The molecule has 1 aliphatic heterocycles. The van der Waals surface area contributed by atoms with Crippen LogP contribution < -0.4 is 10.6 Å². The molecule has 0 atom stereocenters. The number of hydrogen-bond acceptors (Lipinski definition) is 3. The van der Waals surface area contributed by atoms with E-state index in [0.717, 1.165) is 29.0 Å². The summed E-state index contributed by atoms with van der Waals surface area (Å²) in [6.45, 7) is 0. The van der Waals surface area contributed by atoms with E-state index in [0.29, 0.717) is 17.9 Å². The summed E-state index contributed by atoms with van der Waals surface area (Å²) < 4.78 is 0. The summed E-state index contributed by atoms with van der Waals surface area (Å²) >= 11 is 1.52. The van der Waals surface area contributed by atoms with E-state index in [1.807, 2.05) is 18.2 Å². The summed E-state index contributed by atoms with van der Waals surface area (Å²) in [6, 6.07) is 12.1. The second kappa shape index (κ2) is 6.92. The van der Waals surface area contributed by atoms with Gasteiger partial charge in [0.1, 0.15) is 0 Å². The molecule has 2 N–H and O–H groups in total. The number of nitrogens with one attached hydrogen (secondary N) is 2. The van der Waals surface area contributed by atoms with E-state index in [1.165, 1.54) is 35.7 Å². The summed E-state index contributed by atoms with van der Waals surface area (Å²) in [4.78, 5) is 24.9. The third kappa shape index (κ3) is 3.71. The molecular formula is C20H20N2O2S. The number of fused-ring (bicyclic) bond motifs is 2. The maximum atomic E-state index is 12.4. The van der Waals surface area contributed by atoms with E-state index in [1.54, 1.807) is 0 Å². The Morgan fingerprint density at radius 2 is 1.92 bits per heavy atom. The normalized spacial score (nSPS) is 15.8. The number of benzene rings is 2. The summed E-state index contributed by atoms with van der Waals surface area (Å²) in [5.41, 5.74) is 5.36. The first-order valence-corrected chi connectivity index (χ1v) is 9.63. The average Bonchev–Trinajstić information content (AvgIpc) is 2.61. The van der Waals surface area contributed by atoms with Crippen LogP contribution in [-0.2, 0) is 28.9 Å². The zero-order valence-corrected chi connectivity index (χ0v) is 14.7. The molecule has 4 nitrogen and oxygen atoms in total. The predicted molar refractivity (Wildman–Crippen MR) is 101 cm³/mol. The maximum absolute atomic E-state index is 12.4. The van der Waals surface area contributed by atoms with Gasteiger partial charge in [-0.1, -0.05) is 18.2 Å². The van der Waals surface area contributed by atoms with Crippen LogP contribution in [0.1, 0.15) is 29.5 Å². The van der Waals surface area contributed by atoms with Crippen LogP contribution in [0.2, 0.25) is 0 Å². The van der Waals surface area contributed by atoms with E-state index < -0.39 is 0 Å². The van der Waals surface area contributed by atoms with E-state index in [9.17, 15) is 9.59 Å². The van der Waals surface area contributed by atoms with Crippen molar-refractivity contribution in [1.29, 1.82) is 0 Å². The van der Waals surface area contributed by atoms with Crippen LogP contribution in [0.5, 0.6) is 0 Å². The first kappa shape index (κ1) is 16.2.